The molecule has 0 saturated carbocycles. The van der Waals surface area contributed by atoms with Crippen molar-refractivity contribution in [3.05, 3.63) is 71.8 Å². The van der Waals surface area contributed by atoms with Crippen LogP contribution in [-0.2, 0) is 27.2 Å². The normalized spacial score (nSPS) is 11.4. The molecule has 2 rings (SSSR count). The third-order valence-electron chi connectivity index (χ3n) is 4.15. The first kappa shape index (κ1) is 28.9. The quantitative estimate of drug-likeness (QED) is 0.537. The van der Waals surface area contributed by atoms with Crippen LogP contribution in [0.5, 0.6) is 0 Å². The van der Waals surface area contributed by atoms with E-state index in [2.05, 4.69) is 24.5 Å². The van der Waals surface area contributed by atoms with Gasteiger partial charge in [0.1, 0.15) is 12.1 Å². The molecule has 0 aliphatic heterocycles. The maximum Gasteiger partial charge on any atom is 0.326 e. The van der Waals surface area contributed by atoms with Gasteiger partial charge >= 0.3 is 5.97 Å². The molecule has 0 spiro atoms. The van der Waals surface area contributed by atoms with E-state index in [-0.39, 0.29) is 25.2 Å². The van der Waals surface area contributed by atoms with Crippen molar-refractivity contribution in [1.82, 2.24) is 10.6 Å². The number of hydrogen-bond donors (Lipinski definition) is 3. The van der Waals surface area contributed by atoms with Crippen LogP contribution in [0.4, 0.5) is 0 Å². The molecule has 2 amide bonds. The van der Waals surface area contributed by atoms with Gasteiger partial charge in [-0.3, -0.25) is 9.59 Å². The number of carboxylic acids is 1. The molecule has 2 aromatic rings. The first-order valence-electron chi connectivity index (χ1n) is 11.3. The summed E-state index contributed by atoms with van der Waals surface area (Å²) < 4.78 is 0. The molecular weight excluding hydrogens is 404 g/mol. The van der Waals surface area contributed by atoms with E-state index in [1.54, 1.807) is 6.92 Å². The van der Waals surface area contributed by atoms with Crippen molar-refractivity contribution in [1.29, 1.82) is 0 Å². The molecule has 6 nitrogen and oxygen atoms in total. The molecule has 0 heterocycles. The number of amides is 2. The summed E-state index contributed by atoms with van der Waals surface area (Å²) in [7, 11) is 0. The molecule has 0 fully saturated rings. The summed E-state index contributed by atoms with van der Waals surface area (Å²) in [6.07, 6.45) is 1.95. The highest BCUT2D eigenvalue weighted by Gasteiger charge is 2.26. The largest absolute Gasteiger partial charge is 0.480 e. The van der Waals surface area contributed by atoms with Crippen molar-refractivity contribution in [2.45, 2.75) is 72.4 Å². The summed E-state index contributed by atoms with van der Waals surface area (Å²) in [5.74, 6) is -1.89. The smallest absolute Gasteiger partial charge is 0.326 e. The molecule has 32 heavy (non-hydrogen) atoms. The van der Waals surface area contributed by atoms with E-state index < -0.39 is 24.0 Å². The zero-order valence-corrected chi connectivity index (χ0v) is 19.9. The zero-order valence-electron chi connectivity index (χ0n) is 19.9. The van der Waals surface area contributed by atoms with Gasteiger partial charge < -0.3 is 15.7 Å². The highest BCUT2D eigenvalue weighted by atomic mass is 16.4. The Hall–Kier alpha value is -3.15. The Morgan fingerprint density at radius 3 is 1.53 bits per heavy atom. The average molecular weight is 443 g/mol. The van der Waals surface area contributed by atoms with Gasteiger partial charge in [-0.25, -0.2) is 4.79 Å². The van der Waals surface area contributed by atoms with Gasteiger partial charge in [-0.05, 0) is 11.1 Å². The van der Waals surface area contributed by atoms with Crippen LogP contribution < -0.4 is 10.6 Å². The summed E-state index contributed by atoms with van der Waals surface area (Å²) in [5.41, 5.74) is 1.69. The summed E-state index contributed by atoms with van der Waals surface area (Å²) in [6, 6.07) is 16.5. The molecule has 3 N–H and O–H groups in total. The lowest BCUT2D eigenvalue weighted by Crippen LogP contribution is -2.53. The minimum Gasteiger partial charge on any atom is -0.480 e. The number of nitrogens with one attached hydrogen (secondary N) is 2. The zero-order chi connectivity index (χ0) is 24.4. The Morgan fingerprint density at radius 1 is 0.750 bits per heavy atom. The van der Waals surface area contributed by atoms with Crippen LogP contribution >= 0.6 is 0 Å². The van der Waals surface area contributed by atoms with E-state index in [1.807, 2.05) is 74.5 Å². The fourth-order valence-electron chi connectivity index (χ4n) is 2.68. The molecule has 2 unspecified atom stereocenters. The van der Waals surface area contributed by atoms with Crippen molar-refractivity contribution in [3.8, 4) is 0 Å². The van der Waals surface area contributed by atoms with Crippen LogP contribution in [0.1, 0.15) is 58.6 Å². The Kier molecular flexibility index (Phi) is 15.8. The summed E-state index contributed by atoms with van der Waals surface area (Å²) >= 11 is 0. The van der Waals surface area contributed by atoms with E-state index in [0.29, 0.717) is 0 Å². The Balaban J connectivity index is 0.00000177. The Bertz CT molecular complexity index is 779. The summed E-state index contributed by atoms with van der Waals surface area (Å²) in [5, 5.41) is 14.7. The van der Waals surface area contributed by atoms with Gasteiger partial charge in [-0.1, -0.05) is 102 Å². The minimum absolute atomic E-state index is 0.168. The van der Waals surface area contributed by atoms with E-state index in [0.717, 1.165) is 11.1 Å². The van der Waals surface area contributed by atoms with Gasteiger partial charge in [0.15, 0.2) is 0 Å². The molecule has 6 heteroatoms. The Morgan fingerprint density at radius 2 is 1.16 bits per heavy atom. The van der Waals surface area contributed by atoms with Crippen molar-refractivity contribution in [2.24, 2.45) is 0 Å². The molecular formula is C26H38N2O4. The summed E-state index contributed by atoms with van der Waals surface area (Å²) in [4.78, 5) is 36.1. The molecule has 0 aromatic heterocycles. The fourth-order valence-corrected chi connectivity index (χ4v) is 2.68. The maximum absolute atomic E-state index is 12.7. The number of aliphatic carboxylic acids is 1. The molecule has 0 bridgehead atoms. The van der Waals surface area contributed by atoms with Crippen LogP contribution in [0.25, 0.3) is 0 Å². The predicted octanol–water partition coefficient (Wildman–Crippen LogP) is 4.38. The van der Waals surface area contributed by atoms with Gasteiger partial charge in [0.2, 0.25) is 11.8 Å². The second-order valence-corrected chi connectivity index (χ2v) is 6.96. The minimum atomic E-state index is -1.12. The Labute approximate surface area is 192 Å². The number of carboxylic acid groups (broad SMARTS) is 1. The van der Waals surface area contributed by atoms with E-state index in [9.17, 15) is 19.5 Å². The van der Waals surface area contributed by atoms with Gasteiger partial charge in [-0.2, -0.15) is 0 Å². The molecule has 2 aromatic carbocycles. The second kappa shape index (κ2) is 17.5. The topological polar surface area (TPSA) is 95.5 Å². The second-order valence-electron chi connectivity index (χ2n) is 6.96. The van der Waals surface area contributed by atoms with Crippen molar-refractivity contribution in [3.63, 3.8) is 0 Å². The lowest BCUT2D eigenvalue weighted by molar-refractivity contribution is -0.142. The number of carbonyl (C=O) groups excluding carboxylic acids is 2. The van der Waals surface area contributed by atoms with Crippen molar-refractivity contribution in [2.75, 3.05) is 0 Å². The van der Waals surface area contributed by atoms with Crippen LogP contribution in [0, 0.1) is 0 Å². The van der Waals surface area contributed by atoms with Gasteiger partial charge in [-0.15, -0.1) is 0 Å². The van der Waals surface area contributed by atoms with Crippen molar-refractivity contribution >= 4 is 17.8 Å². The highest BCUT2D eigenvalue weighted by Crippen LogP contribution is 2.07. The van der Waals surface area contributed by atoms with Crippen LogP contribution in [0.2, 0.25) is 0 Å². The van der Waals surface area contributed by atoms with Gasteiger partial charge in [0.05, 0.1) is 0 Å². The monoisotopic (exact) mass is 442 g/mol. The summed E-state index contributed by atoms with van der Waals surface area (Å²) in [6.45, 7) is 9.95. The molecule has 176 valence electrons. The lowest BCUT2D eigenvalue weighted by atomic mass is 10.0. The predicted molar refractivity (Wildman–Crippen MR) is 129 cm³/mol. The number of rotatable bonds is 9. The molecule has 2 atom stereocenters. The van der Waals surface area contributed by atoms with Gasteiger partial charge in [0, 0.05) is 19.3 Å². The third kappa shape index (κ3) is 11.9. The van der Waals surface area contributed by atoms with Gasteiger partial charge in [0.25, 0.3) is 0 Å². The number of hydrogen-bond acceptors (Lipinski definition) is 3. The fraction of sp³-hybridized carbons (Fsp3) is 0.423. The first-order chi connectivity index (χ1) is 15.4. The van der Waals surface area contributed by atoms with E-state index >= 15 is 0 Å². The number of carbonyl (C=O) groups is 3. The van der Waals surface area contributed by atoms with Crippen LogP contribution in [0.3, 0.4) is 0 Å². The standard InChI is InChI=1S/C21H24N2O4.C3H8.C2H6/c1-2-19(24)22-17(13-15-9-5-3-6-10-15)20(25)23-18(21(26)27)14-16-11-7-4-8-12-16;1-3-2;1-2/h3-12,17-18H,2,13-14H2,1H3,(H,22,24)(H,23,25)(H,26,27);3H2,1-2H3;1-2H3. The van der Waals surface area contributed by atoms with E-state index in [4.69, 9.17) is 0 Å². The van der Waals surface area contributed by atoms with E-state index in [1.165, 1.54) is 6.42 Å². The first-order valence-corrected chi connectivity index (χ1v) is 11.3. The molecule has 0 saturated heterocycles. The lowest BCUT2D eigenvalue weighted by Gasteiger charge is -2.21. The number of benzene rings is 2. The van der Waals surface area contributed by atoms with Crippen LogP contribution in [-0.4, -0.2) is 35.0 Å². The maximum atomic E-state index is 12.7. The molecule has 0 radical (unpaired) electrons. The highest BCUT2D eigenvalue weighted by molar-refractivity contribution is 5.90. The third-order valence-corrected chi connectivity index (χ3v) is 4.15. The SMILES string of the molecule is CC.CCC.CCC(=O)NC(Cc1ccccc1)C(=O)NC(Cc1ccccc1)C(=O)O. The molecule has 0 aliphatic rings. The van der Waals surface area contributed by atoms with Crippen molar-refractivity contribution < 1.29 is 19.5 Å². The average Bonchev–Trinajstić information content (AvgIpc) is 2.81. The molecule has 0 aliphatic carbocycles. The van der Waals surface area contributed by atoms with Crippen LogP contribution in [0.15, 0.2) is 60.7 Å².